The Bertz CT molecular complexity index is 755. The Balaban J connectivity index is 1.71. The number of aromatic nitrogens is 2. The maximum atomic E-state index is 4.76. The van der Waals surface area contributed by atoms with E-state index < -0.39 is 0 Å². The molecule has 1 atom stereocenters. The minimum Gasteiger partial charge on any atom is -0.366 e. The Hall–Kier alpha value is -2.82. The molecule has 2 bridgehead atoms. The second-order valence-corrected chi connectivity index (χ2v) is 5.83. The zero-order valence-electron chi connectivity index (χ0n) is 12.9. The van der Waals surface area contributed by atoms with E-state index in [0.717, 1.165) is 48.3 Å². The maximum Gasteiger partial charge on any atom is 0.158 e. The molecule has 1 N–H and O–H groups in total. The van der Waals surface area contributed by atoms with Crippen molar-refractivity contribution in [2.24, 2.45) is 0 Å². The Kier molecular flexibility index (Phi) is 3.26. The van der Waals surface area contributed by atoms with Gasteiger partial charge in [0.15, 0.2) is 5.82 Å². The number of nitrogens with one attached hydrogen (secondary N) is 1. The average Bonchev–Trinajstić information content (AvgIpc) is 3.00. The largest absolute Gasteiger partial charge is 0.366 e. The molecule has 23 heavy (non-hydrogen) atoms. The minimum atomic E-state index is 0.388. The van der Waals surface area contributed by atoms with Crippen LogP contribution in [0.1, 0.15) is 12.1 Å². The van der Waals surface area contributed by atoms with Gasteiger partial charge in [-0.3, -0.25) is 0 Å². The van der Waals surface area contributed by atoms with Crippen LogP contribution in [0.4, 0.5) is 17.3 Å². The lowest BCUT2D eigenvalue weighted by atomic mass is 10.1. The lowest BCUT2D eigenvalue weighted by Crippen LogP contribution is -2.43. The van der Waals surface area contributed by atoms with Crippen molar-refractivity contribution < 1.29 is 0 Å². The van der Waals surface area contributed by atoms with Crippen molar-refractivity contribution in [3.05, 3.63) is 61.2 Å². The molecule has 1 fully saturated rings. The molecule has 116 valence electrons. The summed E-state index contributed by atoms with van der Waals surface area (Å²) in [4.78, 5) is 13.7. The molecule has 0 aromatic carbocycles. The zero-order chi connectivity index (χ0) is 15.8. The fourth-order valence-corrected chi connectivity index (χ4v) is 3.33. The molecule has 0 aliphatic carbocycles. The van der Waals surface area contributed by atoms with Gasteiger partial charge in [0, 0.05) is 19.3 Å². The van der Waals surface area contributed by atoms with E-state index in [1.165, 1.54) is 0 Å². The van der Waals surface area contributed by atoms with Gasteiger partial charge < -0.3 is 15.1 Å². The van der Waals surface area contributed by atoms with E-state index in [2.05, 4.69) is 39.3 Å². The number of rotatable bonds is 4. The lowest BCUT2D eigenvalue weighted by molar-refractivity contribution is 0.676. The molecular weight excluding hydrogens is 286 g/mol. The van der Waals surface area contributed by atoms with E-state index in [0.29, 0.717) is 6.04 Å². The summed E-state index contributed by atoms with van der Waals surface area (Å²) >= 11 is 0. The number of hydrogen-bond acceptors (Lipinski definition) is 5. The normalized spacial score (nSPS) is 18.5. The third-order valence-corrected chi connectivity index (χ3v) is 4.41. The molecule has 0 radical (unpaired) electrons. The molecule has 2 aromatic rings. The molecular formula is C18H19N5. The van der Waals surface area contributed by atoms with E-state index in [4.69, 9.17) is 4.98 Å². The number of anilines is 3. The molecule has 0 unspecified atom stereocenters. The molecule has 4 heterocycles. The van der Waals surface area contributed by atoms with Crippen LogP contribution in [-0.4, -0.2) is 29.1 Å². The van der Waals surface area contributed by atoms with Crippen molar-refractivity contribution in [2.45, 2.75) is 12.5 Å². The van der Waals surface area contributed by atoms with Gasteiger partial charge in [-0.1, -0.05) is 19.2 Å². The first kappa shape index (κ1) is 13.8. The summed E-state index contributed by atoms with van der Waals surface area (Å²) in [7, 11) is 0. The SMILES string of the molecule is C=Cc1ccc2c(n1)N(C(=C)Nc1ccccn1)[C@H]1CCN2C1. The fraction of sp³-hybridized carbons (Fsp3) is 0.222. The van der Waals surface area contributed by atoms with Crippen molar-refractivity contribution in [2.75, 3.05) is 28.2 Å². The molecule has 0 spiro atoms. The second kappa shape index (κ2) is 5.43. The Morgan fingerprint density at radius 2 is 2.22 bits per heavy atom. The van der Waals surface area contributed by atoms with Crippen LogP contribution < -0.4 is 15.1 Å². The van der Waals surface area contributed by atoms with Crippen molar-refractivity contribution in [3.8, 4) is 0 Å². The molecule has 2 aliphatic heterocycles. The summed E-state index contributed by atoms with van der Waals surface area (Å²) in [6.07, 6.45) is 4.65. The molecule has 4 rings (SSSR count). The number of fused-ring (bicyclic) bond motifs is 4. The maximum absolute atomic E-state index is 4.76. The van der Waals surface area contributed by atoms with Crippen LogP contribution in [0, 0.1) is 0 Å². The first-order valence-corrected chi connectivity index (χ1v) is 7.81. The van der Waals surface area contributed by atoms with Crippen LogP contribution in [0.3, 0.4) is 0 Å². The number of hydrogen-bond donors (Lipinski definition) is 1. The summed E-state index contributed by atoms with van der Waals surface area (Å²) in [6, 6.07) is 10.3. The van der Waals surface area contributed by atoms with Gasteiger partial charge in [0.1, 0.15) is 11.6 Å². The van der Waals surface area contributed by atoms with Crippen molar-refractivity contribution >= 4 is 23.4 Å². The van der Waals surface area contributed by atoms with Crippen LogP contribution in [0.15, 0.2) is 55.5 Å². The average molecular weight is 305 g/mol. The highest BCUT2D eigenvalue weighted by atomic mass is 15.4. The van der Waals surface area contributed by atoms with Gasteiger partial charge in [0.2, 0.25) is 0 Å². The van der Waals surface area contributed by atoms with Crippen LogP contribution in [0.5, 0.6) is 0 Å². The van der Waals surface area contributed by atoms with Crippen LogP contribution in [-0.2, 0) is 0 Å². The molecule has 2 aromatic heterocycles. The van der Waals surface area contributed by atoms with Gasteiger partial charge in [-0.2, -0.15) is 0 Å². The van der Waals surface area contributed by atoms with E-state index >= 15 is 0 Å². The van der Waals surface area contributed by atoms with Gasteiger partial charge in [-0.15, -0.1) is 0 Å². The van der Waals surface area contributed by atoms with Gasteiger partial charge >= 0.3 is 0 Å². The van der Waals surface area contributed by atoms with Crippen molar-refractivity contribution in [1.82, 2.24) is 9.97 Å². The highest BCUT2D eigenvalue weighted by Crippen LogP contribution is 2.40. The molecule has 0 amide bonds. The van der Waals surface area contributed by atoms with E-state index in [1.54, 1.807) is 12.3 Å². The third kappa shape index (κ3) is 2.34. The number of nitrogens with zero attached hydrogens (tertiary/aromatic N) is 4. The Morgan fingerprint density at radius 1 is 1.30 bits per heavy atom. The summed E-state index contributed by atoms with van der Waals surface area (Å²) in [6.45, 7) is 10.1. The first-order chi connectivity index (χ1) is 11.3. The number of pyridine rings is 2. The van der Waals surface area contributed by atoms with E-state index in [9.17, 15) is 0 Å². The van der Waals surface area contributed by atoms with Crippen LogP contribution in [0.2, 0.25) is 0 Å². The molecule has 2 aliphatic rings. The molecule has 1 saturated heterocycles. The van der Waals surface area contributed by atoms with Gasteiger partial charge in [0.05, 0.1) is 17.4 Å². The summed E-state index contributed by atoms with van der Waals surface area (Å²) in [5.74, 6) is 2.55. The first-order valence-electron chi connectivity index (χ1n) is 7.81. The minimum absolute atomic E-state index is 0.388. The van der Waals surface area contributed by atoms with Crippen molar-refractivity contribution in [3.63, 3.8) is 0 Å². The fourth-order valence-electron chi connectivity index (χ4n) is 3.33. The monoisotopic (exact) mass is 305 g/mol. The summed E-state index contributed by atoms with van der Waals surface area (Å²) in [5.41, 5.74) is 2.04. The van der Waals surface area contributed by atoms with Crippen LogP contribution >= 0.6 is 0 Å². The van der Waals surface area contributed by atoms with Crippen molar-refractivity contribution in [1.29, 1.82) is 0 Å². The quantitative estimate of drug-likeness (QED) is 0.940. The van der Waals surface area contributed by atoms with Gasteiger partial charge in [-0.05, 0) is 36.8 Å². The van der Waals surface area contributed by atoms with E-state index in [-0.39, 0.29) is 0 Å². The Morgan fingerprint density at radius 3 is 3.00 bits per heavy atom. The standard InChI is InChI=1S/C18H19N5/c1-3-14-7-8-16-18(21-14)23(15-9-11-22(16)12-15)13(2)20-17-6-4-5-10-19-17/h3-8,10,15H,1-2,9,11-12H2,(H,19,20)/t15-/m0/s1. The topological polar surface area (TPSA) is 44.3 Å². The summed E-state index contributed by atoms with van der Waals surface area (Å²) in [5, 5.41) is 3.31. The Labute approximate surface area is 136 Å². The predicted octanol–water partition coefficient (Wildman–Crippen LogP) is 3.10. The van der Waals surface area contributed by atoms with Gasteiger partial charge in [0.25, 0.3) is 0 Å². The molecule has 0 saturated carbocycles. The van der Waals surface area contributed by atoms with E-state index in [1.807, 2.05) is 24.3 Å². The highest BCUT2D eigenvalue weighted by Gasteiger charge is 2.38. The summed E-state index contributed by atoms with van der Waals surface area (Å²) < 4.78 is 0. The third-order valence-electron chi connectivity index (χ3n) is 4.41. The highest BCUT2D eigenvalue weighted by molar-refractivity contribution is 5.76. The predicted molar refractivity (Wildman–Crippen MR) is 94.4 cm³/mol. The molecule has 5 heteroatoms. The second-order valence-electron chi connectivity index (χ2n) is 5.83. The zero-order valence-corrected chi connectivity index (χ0v) is 12.9. The molecule has 5 nitrogen and oxygen atoms in total. The lowest BCUT2D eigenvalue weighted by Gasteiger charge is -2.38. The smallest absolute Gasteiger partial charge is 0.158 e. The van der Waals surface area contributed by atoms with Crippen LogP contribution in [0.25, 0.3) is 6.08 Å². The van der Waals surface area contributed by atoms with Gasteiger partial charge in [-0.25, -0.2) is 9.97 Å².